The van der Waals surface area contributed by atoms with E-state index < -0.39 is 0 Å². The number of nitrogens with one attached hydrogen (secondary N) is 1. The van der Waals surface area contributed by atoms with E-state index in [0.717, 1.165) is 43.2 Å². The van der Waals surface area contributed by atoms with Crippen LogP contribution in [0.25, 0.3) is 11.1 Å². The number of fused-ring (bicyclic) bond motifs is 4. The summed E-state index contributed by atoms with van der Waals surface area (Å²) in [6.07, 6.45) is 8.24. The summed E-state index contributed by atoms with van der Waals surface area (Å²) < 4.78 is 5.45. The van der Waals surface area contributed by atoms with E-state index in [1.165, 1.54) is 15.8 Å². The largest absolute Gasteiger partial charge is 0.338 e. The summed E-state index contributed by atoms with van der Waals surface area (Å²) >= 11 is 0. The van der Waals surface area contributed by atoms with Crippen LogP contribution in [0.2, 0.25) is 0 Å². The zero-order valence-corrected chi connectivity index (χ0v) is 25.1. The van der Waals surface area contributed by atoms with E-state index in [1.807, 2.05) is 17.7 Å². The van der Waals surface area contributed by atoms with Gasteiger partial charge in [0.25, 0.3) is 11.5 Å². The van der Waals surface area contributed by atoms with Gasteiger partial charge in [-0.3, -0.25) is 28.8 Å². The average Bonchev–Trinajstić information content (AvgIpc) is 3.56. The summed E-state index contributed by atoms with van der Waals surface area (Å²) in [4.78, 5) is 59.5. The van der Waals surface area contributed by atoms with Gasteiger partial charge in [-0.2, -0.15) is 5.10 Å². The molecule has 0 fully saturated rings. The van der Waals surface area contributed by atoms with Gasteiger partial charge >= 0.3 is 0 Å². The van der Waals surface area contributed by atoms with Gasteiger partial charge in [0.05, 0.1) is 24.3 Å². The predicted octanol–water partition coefficient (Wildman–Crippen LogP) is 3.21. The van der Waals surface area contributed by atoms with E-state index in [4.69, 9.17) is 0 Å². The Bertz CT molecular complexity index is 1920. The van der Waals surface area contributed by atoms with Crippen molar-refractivity contribution in [3.05, 3.63) is 74.7 Å². The fourth-order valence-electron chi connectivity index (χ4n) is 6.95. The molecule has 0 radical (unpaired) electrons. The van der Waals surface area contributed by atoms with Crippen molar-refractivity contribution in [3.8, 4) is 11.1 Å². The van der Waals surface area contributed by atoms with E-state index in [0.29, 0.717) is 61.2 Å². The fraction of sp³-hybridized carbons (Fsp3) is 0.375. The predicted molar refractivity (Wildman–Crippen MR) is 164 cm³/mol. The van der Waals surface area contributed by atoms with Gasteiger partial charge in [0.15, 0.2) is 12.1 Å². The number of aryl methyl sites for hydroxylation is 1. The summed E-state index contributed by atoms with van der Waals surface area (Å²) in [6, 6.07) is 5.25. The summed E-state index contributed by atoms with van der Waals surface area (Å²) in [5, 5.41) is 7.73. The lowest BCUT2D eigenvalue weighted by molar-refractivity contribution is -0.130. The standard InChI is InChI=1S/C32H34N8O4/c1-19-23-6-4-5-7-27(23)38-11-12-39(32(44)29(19)38)30-25(18-41)24(8-9-33-30)21-14-26(31(43)36(3)16-21)34-28-15-22-17-37(20(2)42)10-13-40(22)35-28/h8-9,14-16,18H,4-7,10-13,17H2,1-3H3,(H,34,35). The van der Waals surface area contributed by atoms with Gasteiger partial charge in [-0.25, -0.2) is 4.98 Å². The summed E-state index contributed by atoms with van der Waals surface area (Å²) in [5.41, 5.74) is 6.64. The molecule has 2 amide bonds. The lowest BCUT2D eigenvalue weighted by Crippen LogP contribution is -2.42. The number of aromatic nitrogens is 5. The molecule has 44 heavy (non-hydrogen) atoms. The molecule has 12 nitrogen and oxygen atoms in total. The molecule has 2 aliphatic heterocycles. The van der Waals surface area contributed by atoms with Crippen molar-refractivity contribution in [1.82, 2.24) is 28.8 Å². The van der Waals surface area contributed by atoms with Gasteiger partial charge in [-0.1, -0.05) is 0 Å². The molecule has 0 saturated carbocycles. The molecule has 7 rings (SSSR count). The van der Waals surface area contributed by atoms with Crippen LogP contribution in [0.4, 0.5) is 17.3 Å². The van der Waals surface area contributed by atoms with Crippen LogP contribution in [-0.2, 0) is 44.3 Å². The molecular weight excluding hydrogens is 560 g/mol. The maximum atomic E-state index is 13.9. The second-order valence-corrected chi connectivity index (χ2v) is 11.8. The molecule has 1 N–H and O–H groups in total. The number of aldehydes is 1. The lowest BCUT2D eigenvalue weighted by Gasteiger charge is -2.30. The topological polar surface area (TPSA) is 127 Å². The molecule has 226 valence electrons. The van der Waals surface area contributed by atoms with E-state index in [2.05, 4.69) is 20.0 Å². The van der Waals surface area contributed by atoms with Crippen molar-refractivity contribution in [1.29, 1.82) is 0 Å². The van der Waals surface area contributed by atoms with Gasteiger partial charge in [0, 0.05) is 63.3 Å². The molecule has 0 bridgehead atoms. The third-order valence-corrected chi connectivity index (χ3v) is 9.18. The highest BCUT2D eigenvalue weighted by Gasteiger charge is 2.35. The fourth-order valence-corrected chi connectivity index (χ4v) is 6.95. The molecule has 0 saturated heterocycles. The second kappa shape index (κ2) is 10.6. The van der Waals surface area contributed by atoms with Crippen molar-refractivity contribution >= 4 is 35.4 Å². The highest BCUT2D eigenvalue weighted by Crippen LogP contribution is 2.36. The van der Waals surface area contributed by atoms with Crippen LogP contribution in [0.3, 0.4) is 0 Å². The molecular formula is C32H34N8O4. The first-order valence-corrected chi connectivity index (χ1v) is 15.0. The van der Waals surface area contributed by atoms with Crippen LogP contribution in [-0.4, -0.2) is 60.0 Å². The number of rotatable bonds is 5. The molecule has 0 aromatic carbocycles. The number of carbonyl (C=O) groups excluding carboxylic acids is 3. The molecule has 4 aromatic rings. The Balaban J connectivity index is 1.23. The number of hydrogen-bond donors (Lipinski definition) is 1. The average molecular weight is 595 g/mol. The van der Waals surface area contributed by atoms with Gasteiger partial charge in [0.2, 0.25) is 5.91 Å². The number of anilines is 3. The molecule has 12 heteroatoms. The Morgan fingerprint density at radius 1 is 1.07 bits per heavy atom. The Morgan fingerprint density at radius 2 is 1.89 bits per heavy atom. The van der Waals surface area contributed by atoms with Crippen molar-refractivity contribution < 1.29 is 14.4 Å². The SMILES string of the molecule is CC(=O)N1CCn2nc(Nc3cc(-c4ccnc(N5CCn6c7c(c(C)c6C5=O)CCCC7)c4C=O)cn(C)c3=O)cc2C1. The molecule has 6 heterocycles. The zero-order valence-electron chi connectivity index (χ0n) is 25.1. The van der Waals surface area contributed by atoms with Gasteiger partial charge in [-0.15, -0.1) is 0 Å². The third kappa shape index (κ3) is 4.43. The monoisotopic (exact) mass is 594 g/mol. The number of carbonyl (C=O) groups is 3. The minimum Gasteiger partial charge on any atom is -0.338 e. The summed E-state index contributed by atoms with van der Waals surface area (Å²) in [5.74, 6) is 0.662. The second-order valence-electron chi connectivity index (χ2n) is 11.8. The van der Waals surface area contributed by atoms with Crippen LogP contribution in [0.15, 0.2) is 35.4 Å². The Kier molecular flexibility index (Phi) is 6.71. The van der Waals surface area contributed by atoms with E-state index in [9.17, 15) is 19.2 Å². The highest BCUT2D eigenvalue weighted by atomic mass is 16.2. The van der Waals surface area contributed by atoms with Crippen molar-refractivity contribution in [2.45, 2.75) is 59.2 Å². The van der Waals surface area contributed by atoms with Gasteiger partial charge in [0.1, 0.15) is 17.2 Å². The molecule has 0 atom stereocenters. The normalized spacial score (nSPS) is 15.9. The molecule has 1 aliphatic carbocycles. The summed E-state index contributed by atoms with van der Waals surface area (Å²) in [6.45, 7) is 6.23. The van der Waals surface area contributed by atoms with E-state index >= 15 is 0 Å². The van der Waals surface area contributed by atoms with E-state index in [1.54, 1.807) is 48.3 Å². The van der Waals surface area contributed by atoms with Crippen LogP contribution >= 0.6 is 0 Å². The summed E-state index contributed by atoms with van der Waals surface area (Å²) in [7, 11) is 1.65. The molecule has 0 spiro atoms. The first-order chi connectivity index (χ1) is 21.2. The molecule has 0 unspecified atom stereocenters. The lowest BCUT2D eigenvalue weighted by atomic mass is 9.95. The first kappa shape index (κ1) is 27.8. The number of pyridine rings is 2. The first-order valence-electron chi connectivity index (χ1n) is 15.0. The number of amides is 2. The molecule has 4 aromatic heterocycles. The van der Waals surface area contributed by atoms with E-state index in [-0.39, 0.29) is 28.6 Å². The smallest absolute Gasteiger partial charge is 0.276 e. The quantitative estimate of drug-likeness (QED) is 0.352. The maximum Gasteiger partial charge on any atom is 0.276 e. The number of hydrogen-bond acceptors (Lipinski definition) is 7. The zero-order chi connectivity index (χ0) is 30.7. The third-order valence-electron chi connectivity index (χ3n) is 9.18. The Morgan fingerprint density at radius 3 is 2.68 bits per heavy atom. The van der Waals surface area contributed by atoms with Crippen LogP contribution < -0.4 is 15.8 Å². The van der Waals surface area contributed by atoms with Crippen LogP contribution in [0.5, 0.6) is 0 Å². The Hall–Kier alpha value is -5.00. The van der Waals surface area contributed by atoms with Crippen molar-refractivity contribution in [2.75, 3.05) is 23.3 Å². The number of nitrogens with zero attached hydrogens (tertiary/aromatic N) is 7. The maximum absolute atomic E-state index is 13.9. The van der Waals surface area contributed by atoms with Gasteiger partial charge < -0.3 is 19.4 Å². The Labute approximate surface area is 253 Å². The molecule has 3 aliphatic rings. The minimum atomic E-state index is -0.265. The van der Waals surface area contributed by atoms with Crippen LogP contribution in [0, 0.1) is 6.92 Å². The van der Waals surface area contributed by atoms with Crippen molar-refractivity contribution in [3.63, 3.8) is 0 Å². The van der Waals surface area contributed by atoms with Gasteiger partial charge in [-0.05, 0) is 61.4 Å². The minimum absolute atomic E-state index is 0.00528. The van der Waals surface area contributed by atoms with Crippen LogP contribution in [0.1, 0.15) is 63.1 Å². The van der Waals surface area contributed by atoms with Crippen molar-refractivity contribution in [2.24, 2.45) is 7.05 Å². The highest BCUT2D eigenvalue weighted by molar-refractivity contribution is 6.09.